The van der Waals surface area contributed by atoms with Gasteiger partial charge < -0.3 is 37.2 Å². The molecule has 216 valence electrons. The van der Waals surface area contributed by atoms with E-state index in [-0.39, 0.29) is 24.5 Å². The first kappa shape index (κ1) is 31.8. The smallest absolute Gasteiger partial charge is 0.325 e. The lowest BCUT2D eigenvalue weighted by atomic mass is 10.0. The molecular weight excluding hydrogens is 518 g/mol. The Balaban J connectivity index is 1.98. The van der Waals surface area contributed by atoms with Gasteiger partial charge in [-0.3, -0.25) is 24.0 Å². The van der Waals surface area contributed by atoms with E-state index in [9.17, 15) is 29.1 Å². The molecule has 2 aromatic rings. The summed E-state index contributed by atoms with van der Waals surface area (Å²) in [5.74, 6) is -4.00. The third kappa shape index (κ3) is 10.4. The van der Waals surface area contributed by atoms with E-state index in [0.29, 0.717) is 0 Å². The fourth-order valence-corrected chi connectivity index (χ4v) is 3.73. The summed E-state index contributed by atoms with van der Waals surface area (Å²) >= 11 is 0. The molecule has 0 bridgehead atoms. The van der Waals surface area contributed by atoms with E-state index in [1.807, 2.05) is 0 Å². The van der Waals surface area contributed by atoms with E-state index in [1.165, 1.54) is 19.1 Å². The number of carbonyl (C=O) groups excluding carboxylic acids is 4. The van der Waals surface area contributed by atoms with Crippen LogP contribution < -0.4 is 27.0 Å². The number of carboxylic acid groups (broad SMARTS) is 1. The second-order valence-electron chi connectivity index (χ2n) is 9.80. The lowest BCUT2D eigenvalue weighted by molar-refractivity contribution is -0.141. The van der Waals surface area contributed by atoms with Crippen LogP contribution in [0.2, 0.25) is 0 Å². The SMILES string of the molecule is CC(C)[C@@H](NC(=O)[C@@H](N)Cc1ccc(O)cc1)C(=O)NCC(=O)N[C@@H](Cc1ccccc1)C(=O)N[C@@H](C)C(=O)O. The largest absolute Gasteiger partial charge is 0.508 e. The zero-order valence-electron chi connectivity index (χ0n) is 22.7. The summed E-state index contributed by atoms with van der Waals surface area (Å²) in [6.45, 7) is 4.27. The number of carbonyl (C=O) groups is 5. The Morgan fingerprint density at radius 1 is 0.775 bits per heavy atom. The monoisotopic (exact) mass is 555 g/mol. The Morgan fingerprint density at radius 2 is 1.38 bits per heavy atom. The molecular formula is C28H37N5O7. The van der Waals surface area contributed by atoms with Crippen LogP contribution in [0, 0.1) is 5.92 Å². The van der Waals surface area contributed by atoms with Crippen molar-refractivity contribution in [1.82, 2.24) is 21.3 Å². The van der Waals surface area contributed by atoms with Crippen LogP contribution in [-0.4, -0.2) is 70.5 Å². The second kappa shape index (κ2) is 15.2. The molecule has 2 aromatic carbocycles. The molecule has 0 saturated carbocycles. The van der Waals surface area contributed by atoms with Gasteiger partial charge in [0.05, 0.1) is 12.6 Å². The van der Waals surface area contributed by atoms with Gasteiger partial charge in [0.2, 0.25) is 23.6 Å². The summed E-state index contributed by atoms with van der Waals surface area (Å²) < 4.78 is 0. The molecule has 2 rings (SSSR count). The van der Waals surface area contributed by atoms with Crippen molar-refractivity contribution in [1.29, 1.82) is 0 Å². The normalized spacial score (nSPS) is 13.8. The molecule has 12 heteroatoms. The Labute approximate surface area is 232 Å². The number of aliphatic carboxylic acids is 1. The van der Waals surface area contributed by atoms with Crippen molar-refractivity contribution in [2.45, 2.75) is 57.8 Å². The molecule has 0 spiro atoms. The van der Waals surface area contributed by atoms with Crippen molar-refractivity contribution in [3.8, 4) is 5.75 Å². The van der Waals surface area contributed by atoms with Crippen LogP contribution in [0.1, 0.15) is 31.9 Å². The average molecular weight is 556 g/mol. The molecule has 0 unspecified atom stereocenters. The maximum absolute atomic E-state index is 12.9. The number of phenols is 1. The number of nitrogens with two attached hydrogens (primary N) is 1. The van der Waals surface area contributed by atoms with Crippen LogP contribution in [0.4, 0.5) is 0 Å². The molecule has 4 atom stereocenters. The number of carboxylic acids is 1. The first-order chi connectivity index (χ1) is 18.9. The number of benzene rings is 2. The van der Waals surface area contributed by atoms with Crippen molar-refractivity contribution in [3.63, 3.8) is 0 Å². The van der Waals surface area contributed by atoms with Gasteiger partial charge in [0, 0.05) is 6.42 Å². The fourth-order valence-electron chi connectivity index (χ4n) is 3.73. The van der Waals surface area contributed by atoms with Gasteiger partial charge in [-0.1, -0.05) is 56.3 Å². The highest BCUT2D eigenvalue weighted by Gasteiger charge is 2.28. The molecule has 0 aliphatic carbocycles. The molecule has 0 aliphatic heterocycles. The second-order valence-corrected chi connectivity index (χ2v) is 9.80. The number of amides is 4. The fraction of sp³-hybridized carbons (Fsp3) is 0.393. The third-order valence-electron chi connectivity index (χ3n) is 6.06. The van der Waals surface area contributed by atoms with Crippen LogP contribution in [-0.2, 0) is 36.8 Å². The summed E-state index contributed by atoms with van der Waals surface area (Å²) in [5, 5.41) is 28.5. The lowest BCUT2D eigenvalue weighted by Gasteiger charge is -2.24. The highest BCUT2D eigenvalue weighted by molar-refractivity contribution is 5.94. The first-order valence-electron chi connectivity index (χ1n) is 12.9. The average Bonchev–Trinajstić information content (AvgIpc) is 2.91. The van der Waals surface area contributed by atoms with Gasteiger partial charge in [0.15, 0.2) is 0 Å². The maximum Gasteiger partial charge on any atom is 0.325 e. The number of phenolic OH excluding ortho intramolecular Hbond substituents is 1. The molecule has 0 fully saturated rings. The van der Waals surface area contributed by atoms with E-state index in [0.717, 1.165) is 11.1 Å². The van der Waals surface area contributed by atoms with Crippen molar-refractivity contribution >= 4 is 29.6 Å². The number of nitrogens with one attached hydrogen (secondary N) is 4. The summed E-state index contributed by atoms with van der Waals surface area (Å²) in [6.07, 6.45) is 0.286. The van der Waals surface area contributed by atoms with Crippen molar-refractivity contribution < 1.29 is 34.2 Å². The highest BCUT2D eigenvalue weighted by atomic mass is 16.4. The predicted octanol–water partition coefficient (Wildman–Crippen LogP) is -0.164. The lowest BCUT2D eigenvalue weighted by Crippen LogP contribution is -2.56. The highest BCUT2D eigenvalue weighted by Crippen LogP contribution is 2.11. The Bertz CT molecular complexity index is 1170. The number of hydrogen-bond acceptors (Lipinski definition) is 7. The van der Waals surface area contributed by atoms with Gasteiger partial charge in [0.25, 0.3) is 0 Å². The van der Waals surface area contributed by atoms with E-state index in [2.05, 4.69) is 21.3 Å². The van der Waals surface area contributed by atoms with E-state index < -0.39 is 60.3 Å². The van der Waals surface area contributed by atoms with E-state index in [1.54, 1.807) is 56.3 Å². The molecule has 0 saturated heterocycles. The number of hydrogen-bond donors (Lipinski definition) is 7. The van der Waals surface area contributed by atoms with Crippen LogP contribution in [0.25, 0.3) is 0 Å². The Hall–Kier alpha value is -4.45. The topological polar surface area (TPSA) is 200 Å². The zero-order valence-corrected chi connectivity index (χ0v) is 22.7. The Kier molecular flexibility index (Phi) is 12.1. The van der Waals surface area contributed by atoms with E-state index in [4.69, 9.17) is 10.8 Å². The standard InChI is InChI=1S/C28H37N5O7/c1-16(2)24(33-25(36)21(29)13-19-9-11-20(34)12-10-19)27(38)30-15-23(35)32-22(14-18-7-5-4-6-8-18)26(37)31-17(3)28(39)40/h4-12,16-17,21-22,24,34H,13-15,29H2,1-3H3,(H,30,38)(H,31,37)(H,32,35)(H,33,36)(H,39,40)/t17-,21-,22-,24+/m0/s1. The minimum Gasteiger partial charge on any atom is -0.508 e. The predicted molar refractivity (Wildman–Crippen MR) is 147 cm³/mol. The summed E-state index contributed by atoms with van der Waals surface area (Å²) in [6, 6.07) is 10.9. The molecule has 0 radical (unpaired) electrons. The molecule has 0 aliphatic rings. The quantitative estimate of drug-likeness (QED) is 0.167. The molecule has 4 amide bonds. The maximum atomic E-state index is 12.9. The third-order valence-corrected chi connectivity index (χ3v) is 6.06. The van der Waals surface area contributed by atoms with Gasteiger partial charge in [-0.25, -0.2) is 0 Å². The van der Waals surface area contributed by atoms with Crippen LogP contribution in [0.5, 0.6) is 5.75 Å². The van der Waals surface area contributed by atoms with Gasteiger partial charge in [-0.2, -0.15) is 0 Å². The van der Waals surface area contributed by atoms with Gasteiger partial charge in [0.1, 0.15) is 23.9 Å². The van der Waals surface area contributed by atoms with Crippen LogP contribution >= 0.6 is 0 Å². The van der Waals surface area contributed by atoms with E-state index >= 15 is 0 Å². The van der Waals surface area contributed by atoms with Crippen molar-refractivity contribution in [2.24, 2.45) is 11.7 Å². The minimum atomic E-state index is -1.23. The van der Waals surface area contributed by atoms with Gasteiger partial charge >= 0.3 is 5.97 Å². The molecule has 0 aromatic heterocycles. The molecule has 0 heterocycles. The number of aromatic hydroxyl groups is 1. The van der Waals surface area contributed by atoms with Crippen LogP contribution in [0.3, 0.4) is 0 Å². The zero-order chi connectivity index (χ0) is 29.8. The molecule has 40 heavy (non-hydrogen) atoms. The Morgan fingerprint density at radius 3 is 1.95 bits per heavy atom. The minimum absolute atomic E-state index is 0.0872. The summed E-state index contributed by atoms with van der Waals surface area (Å²) in [5.41, 5.74) is 7.48. The van der Waals surface area contributed by atoms with Gasteiger partial charge in [-0.15, -0.1) is 0 Å². The molecule has 12 nitrogen and oxygen atoms in total. The van der Waals surface area contributed by atoms with Crippen LogP contribution in [0.15, 0.2) is 54.6 Å². The number of rotatable bonds is 14. The summed E-state index contributed by atoms with van der Waals surface area (Å²) in [7, 11) is 0. The summed E-state index contributed by atoms with van der Waals surface area (Å²) in [4.78, 5) is 62.1. The molecule has 8 N–H and O–H groups in total. The van der Waals surface area contributed by atoms with Gasteiger partial charge in [-0.05, 0) is 42.5 Å². The first-order valence-corrected chi connectivity index (χ1v) is 12.9. The van der Waals surface area contributed by atoms with Crippen molar-refractivity contribution in [2.75, 3.05) is 6.54 Å². The van der Waals surface area contributed by atoms with Crippen molar-refractivity contribution in [3.05, 3.63) is 65.7 Å².